The summed E-state index contributed by atoms with van der Waals surface area (Å²) in [7, 11) is 0. The van der Waals surface area contributed by atoms with Gasteiger partial charge in [0.2, 0.25) is 0 Å². The maximum Gasteiger partial charge on any atom is 0.0593 e. The third-order valence-corrected chi connectivity index (χ3v) is 2.69. The number of ether oxygens (including phenoxy) is 1. The van der Waals surface area contributed by atoms with Crippen molar-refractivity contribution in [2.45, 2.75) is 45.8 Å². The summed E-state index contributed by atoms with van der Waals surface area (Å²) in [5.74, 6) is 0.828. The van der Waals surface area contributed by atoms with Gasteiger partial charge in [-0.25, -0.2) is 0 Å². The van der Waals surface area contributed by atoms with Gasteiger partial charge in [0.25, 0.3) is 0 Å². The van der Waals surface area contributed by atoms with Crippen molar-refractivity contribution in [2.75, 3.05) is 6.61 Å². The van der Waals surface area contributed by atoms with Crippen molar-refractivity contribution in [1.82, 2.24) is 0 Å². The fraction of sp³-hybridized carbons (Fsp3) is 1.00. The van der Waals surface area contributed by atoms with E-state index in [1.807, 2.05) is 0 Å². The molecule has 0 amide bonds. The first kappa shape index (κ1) is 10.0. The number of aliphatic hydroxyl groups excluding tert-OH is 1. The van der Waals surface area contributed by atoms with Crippen LogP contribution in [0.1, 0.15) is 33.6 Å². The van der Waals surface area contributed by atoms with Crippen molar-refractivity contribution in [1.29, 1.82) is 0 Å². The van der Waals surface area contributed by atoms with Crippen LogP contribution in [0.5, 0.6) is 0 Å². The van der Waals surface area contributed by atoms with Gasteiger partial charge in [-0.2, -0.15) is 0 Å². The summed E-state index contributed by atoms with van der Waals surface area (Å²) in [6.45, 7) is 7.05. The lowest BCUT2D eigenvalue weighted by atomic mass is 9.85. The van der Waals surface area contributed by atoms with Gasteiger partial charge in [-0.1, -0.05) is 13.8 Å². The molecule has 1 aliphatic rings. The number of aliphatic hydroxyl groups is 1. The molecular weight excluding hydrogens is 152 g/mol. The Bertz CT molecular complexity index is 134. The Labute approximate surface area is 74.9 Å². The molecule has 0 radical (unpaired) electrons. The molecule has 0 aromatic rings. The molecule has 1 fully saturated rings. The molecule has 2 heteroatoms. The summed E-state index contributed by atoms with van der Waals surface area (Å²) in [5.41, 5.74) is 0. The highest BCUT2D eigenvalue weighted by atomic mass is 16.5. The monoisotopic (exact) mass is 172 g/mol. The molecule has 0 aliphatic carbocycles. The van der Waals surface area contributed by atoms with Gasteiger partial charge in [0, 0.05) is 6.61 Å². The first-order valence-corrected chi connectivity index (χ1v) is 4.91. The van der Waals surface area contributed by atoms with Crippen LogP contribution in [-0.2, 0) is 4.74 Å². The van der Waals surface area contributed by atoms with Gasteiger partial charge in [-0.3, -0.25) is 0 Å². The van der Waals surface area contributed by atoms with Crippen LogP contribution >= 0.6 is 0 Å². The molecule has 0 spiro atoms. The van der Waals surface area contributed by atoms with Gasteiger partial charge in [0.1, 0.15) is 0 Å². The van der Waals surface area contributed by atoms with Gasteiger partial charge in [-0.15, -0.1) is 0 Å². The van der Waals surface area contributed by atoms with Crippen molar-refractivity contribution in [3.63, 3.8) is 0 Å². The third-order valence-electron chi connectivity index (χ3n) is 2.69. The Morgan fingerprint density at radius 1 is 1.42 bits per heavy atom. The van der Waals surface area contributed by atoms with Crippen molar-refractivity contribution in [3.8, 4) is 0 Å². The highest BCUT2D eigenvalue weighted by molar-refractivity contribution is 4.76. The second-order valence-electron chi connectivity index (χ2n) is 4.20. The zero-order valence-corrected chi connectivity index (χ0v) is 8.29. The second-order valence-corrected chi connectivity index (χ2v) is 4.20. The fourth-order valence-corrected chi connectivity index (χ4v) is 1.89. The summed E-state index contributed by atoms with van der Waals surface area (Å²) in [4.78, 5) is 0. The van der Waals surface area contributed by atoms with Crippen LogP contribution in [0.15, 0.2) is 0 Å². The SMILES string of the molecule is CC1CC(C(O)C(C)C)CCO1. The molecule has 3 atom stereocenters. The average Bonchev–Trinajstić information content (AvgIpc) is 2.03. The van der Waals surface area contributed by atoms with Crippen molar-refractivity contribution in [2.24, 2.45) is 11.8 Å². The van der Waals surface area contributed by atoms with E-state index in [4.69, 9.17) is 4.74 Å². The molecule has 2 nitrogen and oxygen atoms in total. The van der Waals surface area contributed by atoms with E-state index in [-0.39, 0.29) is 6.10 Å². The average molecular weight is 172 g/mol. The molecule has 1 heterocycles. The molecule has 1 N–H and O–H groups in total. The molecule has 0 aromatic carbocycles. The summed E-state index contributed by atoms with van der Waals surface area (Å²) < 4.78 is 5.43. The molecule has 3 unspecified atom stereocenters. The van der Waals surface area contributed by atoms with Gasteiger partial charge >= 0.3 is 0 Å². The van der Waals surface area contributed by atoms with E-state index >= 15 is 0 Å². The Morgan fingerprint density at radius 3 is 2.58 bits per heavy atom. The molecule has 1 aliphatic heterocycles. The highest BCUT2D eigenvalue weighted by Crippen LogP contribution is 2.26. The molecule has 1 saturated heterocycles. The zero-order chi connectivity index (χ0) is 9.14. The smallest absolute Gasteiger partial charge is 0.0593 e. The Balaban J connectivity index is 2.40. The molecule has 12 heavy (non-hydrogen) atoms. The minimum absolute atomic E-state index is 0.142. The van der Waals surface area contributed by atoms with E-state index in [1.54, 1.807) is 0 Å². The summed E-state index contributed by atoms with van der Waals surface area (Å²) >= 11 is 0. The van der Waals surface area contributed by atoms with Crippen LogP contribution in [0.25, 0.3) is 0 Å². The predicted octanol–water partition coefficient (Wildman–Crippen LogP) is 1.82. The van der Waals surface area contributed by atoms with E-state index in [9.17, 15) is 5.11 Å². The first-order chi connectivity index (χ1) is 5.61. The van der Waals surface area contributed by atoms with Gasteiger partial charge in [0.05, 0.1) is 12.2 Å². The van der Waals surface area contributed by atoms with E-state index in [2.05, 4.69) is 20.8 Å². The van der Waals surface area contributed by atoms with Crippen LogP contribution in [-0.4, -0.2) is 23.9 Å². The van der Waals surface area contributed by atoms with Crippen LogP contribution in [0.3, 0.4) is 0 Å². The molecule has 1 rings (SSSR count). The Morgan fingerprint density at radius 2 is 2.08 bits per heavy atom. The van der Waals surface area contributed by atoms with E-state index < -0.39 is 0 Å². The van der Waals surface area contributed by atoms with Gasteiger partial charge < -0.3 is 9.84 Å². The third kappa shape index (κ3) is 2.46. The summed E-state index contributed by atoms with van der Waals surface area (Å²) in [6, 6.07) is 0. The maximum atomic E-state index is 9.81. The number of hydrogen-bond donors (Lipinski definition) is 1. The normalized spacial score (nSPS) is 33.8. The van der Waals surface area contributed by atoms with Gasteiger partial charge in [-0.05, 0) is 31.6 Å². The van der Waals surface area contributed by atoms with Crippen LogP contribution in [0, 0.1) is 11.8 Å². The highest BCUT2D eigenvalue weighted by Gasteiger charge is 2.27. The van der Waals surface area contributed by atoms with E-state index in [0.29, 0.717) is 17.9 Å². The van der Waals surface area contributed by atoms with Crippen LogP contribution < -0.4 is 0 Å². The lowest BCUT2D eigenvalue weighted by Crippen LogP contribution is -2.34. The minimum atomic E-state index is -0.142. The van der Waals surface area contributed by atoms with Crippen molar-refractivity contribution < 1.29 is 9.84 Å². The number of hydrogen-bond acceptors (Lipinski definition) is 2. The second kappa shape index (κ2) is 4.24. The quantitative estimate of drug-likeness (QED) is 0.688. The summed E-state index contributed by atoms with van der Waals surface area (Å²) in [5, 5.41) is 9.81. The molecule has 0 aromatic heterocycles. The Kier molecular flexibility index (Phi) is 3.53. The predicted molar refractivity (Wildman–Crippen MR) is 49.0 cm³/mol. The first-order valence-electron chi connectivity index (χ1n) is 4.91. The lowest BCUT2D eigenvalue weighted by molar-refractivity contribution is -0.0468. The van der Waals surface area contributed by atoms with Crippen LogP contribution in [0.2, 0.25) is 0 Å². The Hall–Kier alpha value is -0.0800. The van der Waals surface area contributed by atoms with Crippen LogP contribution in [0.4, 0.5) is 0 Å². The molecule has 0 saturated carbocycles. The fourth-order valence-electron chi connectivity index (χ4n) is 1.89. The van der Waals surface area contributed by atoms with E-state index in [1.165, 1.54) is 0 Å². The molecule has 0 bridgehead atoms. The topological polar surface area (TPSA) is 29.5 Å². The van der Waals surface area contributed by atoms with Crippen molar-refractivity contribution in [3.05, 3.63) is 0 Å². The molecule has 72 valence electrons. The minimum Gasteiger partial charge on any atom is -0.393 e. The number of rotatable bonds is 2. The maximum absolute atomic E-state index is 9.81. The summed E-state index contributed by atoms with van der Waals surface area (Å²) in [6.07, 6.45) is 2.22. The lowest BCUT2D eigenvalue weighted by Gasteiger charge is -2.32. The largest absolute Gasteiger partial charge is 0.393 e. The van der Waals surface area contributed by atoms with Crippen molar-refractivity contribution >= 4 is 0 Å². The standard InChI is InChI=1S/C10H20O2/c1-7(2)10(11)9-4-5-12-8(3)6-9/h7-11H,4-6H2,1-3H3. The van der Waals surface area contributed by atoms with E-state index in [0.717, 1.165) is 19.4 Å². The van der Waals surface area contributed by atoms with Gasteiger partial charge in [0.15, 0.2) is 0 Å². The zero-order valence-electron chi connectivity index (χ0n) is 8.29. The molecular formula is C10H20O2.